The molecule has 0 aliphatic rings. The van der Waals surface area contributed by atoms with Gasteiger partial charge in [0.25, 0.3) is 0 Å². The normalized spacial score (nSPS) is 11.2. The van der Waals surface area contributed by atoms with Gasteiger partial charge in [-0.1, -0.05) is 6.07 Å². The van der Waals surface area contributed by atoms with E-state index in [9.17, 15) is 14.4 Å². The van der Waals surface area contributed by atoms with Crippen molar-refractivity contribution in [2.24, 2.45) is 0 Å². The van der Waals surface area contributed by atoms with Gasteiger partial charge < -0.3 is 24.3 Å². The average Bonchev–Trinajstić information content (AvgIpc) is 2.60. The van der Waals surface area contributed by atoms with Gasteiger partial charge in [-0.15, -0.1) is 0 Å². The summed E-state index contributed by atoms with van der Waals surface area (Å²) in [6.07, 6.45) is -0.297. The molecule has 8 nitrogen and oxygen atoms in total. The Morgan fingerprint density at radius 1 is 1.08 bits per heavy atom. The van der Waals surface area contributed by atoms with Crippen molar-refractivity contribution in [2.45, 2.75) is 25.8 Å². The number of carbonyl (C=O) groups is 3. The summed E-state index contributed by atoms with van der Waals surface area (Å²) in [4.78, 5) is 35.2. The van der Waals surface area contributed by atoms with Crippen LogP contribution in [0.5, 0.6) is 11.5 Å². The fraction of sp³-hybridized carbons (Fsp3) is 0.471. The van der Waals surface area contributed by atoms with Crippen LogP contribution < -0.4 is 14.8 Å². The molecule has 0 spiro atoms. The SMILES string of the molecule is CCOC(=O)CC(=O)NC(Cc1ccc(OC)c(OC)c1)C(=O)OC. The molecule has 1 rings (SSSR count). The van der Waals surface area contributed by atoms with E-state index in [0.29, 0.717) is 11.5 Å². The highest BCUT2D eigenvalue weighted by molar-refractivity contribution is 5.96. The lowest BCUT2D eigenvalue weighted by molar-refractivity contribution is -0.149. The maximum absolute atomic E-state index is 11.9. The van der Waals surface area contributed by atoms with Gasteiger partial charge in [-0.25, -0.2) is 4.79 Å². The molecular formula is C17H23NO7. The van der Waals surface area contributed by atoms with E-state index < -0.39 is 30.3 Å². The molecule has 1 N–H and O–H groups in total. The minimum atomic E-state index is -0.940. The second kappa shape index (κ2) is 10.2. The lowest BCUT2D eigenvalue weighted by atomic mass is 10.0. The van der Waals surface area contributed by atoms with Gasteiger partial charge >= 0.3 is 11.9 Å². The van der Waals surface area contributed by atoms with Gasteiger partial charge in [-0.05, 0) is 24.6 Å². The van der Waals surface area contributed by atoms with Crippen LogP contribution >= 0.6 is 0 Å². The van der Waals surface area contributed by atoms with Crippen molar-refractivity contribution < 1.29 is 33.3 Å². The number of ether oxygens (including phenoxy) is 4. The molecule has 0 bridgehead atoms. The van der Waals surface area contributed by atoms with Gasteiger partial charge in [-0.2, -0.15) is 0 Å². The molecule has 138 valence electrons. The fourth-order valence-corrected chi connectivity index (χ4v) is 2.17. The maximum Gasteiger partial charge on any atom is 0.328 e. The third-order valence-electron chi connectivity index (χ3n) is 3.32. The van der Waals surface area contributed by atoms with E-state index in [1.807, 2.05) is 0 Å². The van der Waals surface area contributed by atoms with Crippen LogP contribution in [0.2, 0.25) is 0 Å². The fourth-order valence-electron chi connectivity index (χ4n) is 2.17. The minimum Gasteiger partial charge on any atom is -0.493 e. The molecular weight excluding hydrogens is 330 g/mol. The average molecular weight is 353 g/mol. The maximum atomic E-state index is 11.9. The number of hydrogen-bond donors (Lipinski definition) is 1. The summed E-state index contributed by atoms with van der Waals surface area (Å²) < 4.78 is 19.8. The first kappa shape index (κ1) is 20.3. The third-order valence-corrected chi connectivity index (χ3v) is 3.32. The van der Waals surface area contributed by atoms with Crippen LogP contribution in [0.1, 0.15) is 18.9 Å². The van der Waals surface area contributed by atoms with Crippen LogP contribution in [0, 0.1) is 0 Å². The molecule has 0 radical (unpaired) electrons. The number of nitrogens with one attached hydrogen (secondary N) is 1. The summed E-state index contributed by atoms with van der Waals surface area (Å²) in [6, 6.07) is 4.20. The van der Waals surface area contributed by atoms with Crippen LogP contribution in [0.3, 0.4) is 0 Å². The zero-order chi connectivity index (χ0) is 18.8. The molecule has 1 atom stereocenters. The molecule has 0 fully saturated rings. The quantitative estimate of drug-likeness (QED) is 0.519. The van der Waals surface area contributed by atoms with Crippen molar-refractivity contribution >= 4 is 17.8 Å². The molecule has 1 unspecified atom stereocenters. The Morgan fingerprint density at radius 3 is 2.32 bits per heavy atom. The molecule has 0 heterocycles. The van der Waals surface area contributed by atoms with E-state index in [2.05, 4.69) is 5.32 Å². The Labute approximate surface area is 146 Å². The van der Waals surface area contributed by atoms with Crippen molar-refractivity contribution in [1.82, 2.24) is 5.32 Å². The van der Waals surface area contributed by atoms with Crippen molar-refractivity contribution in [2.75, 3.05) is 27.9 Å². The van der Waals surface area contributed by atoms with E-state index in [-0.39, 0.29) is 13.0 Å². The highest BCUT2D eigenvalue weighted by atomic mass is 16.5. The third kappa shape index (κ3) is 6.33. The van der Waals surface area contributed by atoms with Crippen molar-refractivity contribution in [1.29, 1.82) is 0 Å². The van der Waals surface area contributed by atoms with Crippen molar-refractivity contribution in [3.63, 3.8) is 0 Å². The predicted octanol–water partition coefficient (Wildman–Crippen LogP) is 0.857. The van der Waals surface area contributed by atoms with Crippen molar-refractivity contribution in [3.8, 4) is 11.5 Å². The Kier molecular flexibility index (Phi) is 8.25. The first-order chi connectivity index (χ1) is 11.9. The largest absolute Gasteiger partial charge is 0.493 e. The number of benzene rings is 1. The van der Waals surface area contributed by atoms with Crippen LogP contribution in [-0.4, -0.2) is 51.8 Å². The molecule has 25 heavy (non-hydrogen) atoms. The number of rotatable bonds is 9. The molecule has 1 amide bonds. The van der Waals surface area contributed by atoms with Gasteiger partial charge in [0.15, 0.2) is 11.5 Å². The van der Waals surface area contributed by atoms with E-state index in [4.69, 9.17) is 18.9 Å². The highest BCUT2D eigenvalue weighted by Crippen LogP contribution is 2.28. The zero-order valence-corrected chi connectivity index (χ0v) is 14.8. The van der Waals surface area contributed by atoms with Gasteiger partial charge in [0, 0.05) is 6.42 Å². The smallest absolute Gasteiger partial charge is 0.328 e. The number of hydrogen-bond acceptors (Lipinski definition) is 7. The van der Waals surface area contributed by atoms with Crippen LogP contribution in [0.25, 0.3) is 0 Å². The minimum absolute atomic E-state index is 0.168. The molecule has 0 aliphatic carbocycles. The lowest BCUT2D eigenvalue weighted by Crippen LogP contribution is -2.43. The summed E-state index contributed by atoms with van der Waals surface area (Å²) in [6.45, 7) is 1.82. The van der Waals surface area contributed by atoms with Crippen molar-refractivity contribution in [3.05, 3.63) is 23.8 Å². The van der Waals surface area contributed by atoms with Gasteiger partial charge in [-0.3, -0.25) is 9.59 Å². The van der Waals surface area contributed by atoms with Crippen LogP contribution in [0.15, 0.2) is 18.2 Å². The standard InChI is InChI=1S/C17H23NO7/c1-5-25-16(20)10-15(19)18-12(17(21)24-4)8-11-6-7-13(22-2)14(9-11)23-3/h6-7,9,12H,5,8,10H2,1-4H3,(H,18,19). The topological polar surface area (TPSA) is 100 Å². The number of esters is 2. The van der Waals surface area contributed by atoms with E-state index >= 15 is 0 Å². The summed E-state index contributed by atoms with van der Waals surface area (Å²) in [7, 11) is 4.24. The number of methoxy groups -OCH3 is 3. The van der Waals surface area contributed by atoms with Crippen LogP contribution in [0.4, 0.5) is 0 Å². The van der Waals surface area contributed by atoms with E-state index in [1.54, 1.807) is 25.1 Å². The first-order valence-corrected chi connectivity index (χ1v) is 7.68. The summed E-state index contributed by atoms with van der Waals surface area (Å²) in [5.41, 5.74) is 0.726. The Morgan fingerprint density at radius 2 is 1.76 bits per heavy atom. The monoisotopic (exact) mass is 353 g/mol. The van der Waals surface area contributed by atoms with Gasteiger partial charge in [0.2, 0.25) is 5.91 Å². The van der Waals surface area contributed by atoms with Gasteiger partial charge in [0.1, 0.15) is 12.5 Å². The van der Waals surface area contributed by atoms with E-state index in [1.165, 1.54) is 21.3 Å². The Bertz CT molecular complexity index is 615. The Hall–Kier alpha value is -2.77. The molecule has 0 saturated carbocycles. The summed E-state index contributed by atoms with van der Waals surface area (Å²) in [5, 5.41) is 2.49. The molecule has 0 saturated heterocycles. The highest BCUT2D eigenvalue weighted by Gasteiger charge is 2.24. The molecule has 1 aromatic carbocycles. The molecule has 0 aliphatic heterocycles. The lowest BCUT2D eigenvalue weighted by Gasteiger charge is -2.17. The summed E-state index contributed by atoms with van der Waals surface area (Å²) >= 11 is 0. The van der Waals surface area contributed by atoms with E-state index in [0.717, 1.165) is 5.56 Å². The number of carbonyl (C=O) groups excluding carboxylic acids is 3. The zero-order valence-electron chi connectivity index (χ0n) is 14.8. The predicted molar refractivity (Wildman–Crippen MR) is 88.4 cm³/mol. The molecule has 0 aromatic heterocycles. The molecule has 8 heteroatoms. The second-order valence-corrected chi connectivity index (χ2v) is 5.02. The number of amides is 1. The van der Waals surface area contributed by atoms with Crippen LogP contribution in [-0.2, 0) is 30.3 Å². The summed E-state index contributed by atoms with van der Waals surface area (Å²) in [5.74, 6) is -0.843. The first-order valence-electron chi connectivity index (χ1n) is 7.68. The molecule has 1 aromatic rings. The van der Waals surface area contributed by atoms with Gasteiger partial charge in [0.05, 0.1) is 27.9 Å². The Balaban J connectivity index is 2.84. The second-order valence-electron chi connectivity index (χ2n) is 5.02.